The zero-order chi connectivity index (χ0) is 32.9. The highest BCUT2D eigenvalue weighted by Crippen LogP contribution is 2.44. The molecule has 0 saturated carbocycles. The van der Waals surface area contributed by atoms with Crippen molar-refractivity contribution in [2.75, 3.05) is 13.7 Å². The molecule has 0 atom stereocenters. The Morgan fingerprint density at radius 3 is 1.91 bits per heavy atom. The van der Waals surface area contributed by atoms with E-state index in [1.807, 2.05) is 0 Å². The molecule has 2 aromatic heterocycles. The third-order valence-electron chi connectivity index (χ3n) is 8.10. The molecule has 7 rings (SSSR count). The monoisotopic (exact) mass is 664 g/mol. The van der Waals surface area contributed by atoms with Gasteiger partial charge in [0.05, 0.1) is 45.6 Å². The molecule has 0 aliphatic heterocycles. The van der Waals surface area contributed by atoms with Gasteiger partial charge in [0.1, 0.15) is 5.75 Å². The second-order valence-corrected chi connectivity index (χ2v) is 14.3. The molecule has 5 aromatic carbocycles. The van der Waals surface area contributed by atoms with Crippen molar-refractivity contribution in [1.29, 1.82) is 0 Å². The van der Waals surface area contributed by atoms with Crippen molar-refractivity contribution in [3.05, 3.63) is 127 Å². The summed E-state index contributed by atoms with van der Waals surface area (Å²) in [5, 5.41) is 1.18. The molecule has 11 heteroatoms. The number of fused-ring (bicyclic) bond motifs is 5. The Bertz CT molecular complexity index is 2540. The van der Waals surface area contributed by atoms with Gasteiger partial charge in [-0.2, -0.15) is 0 Å². The fourth-order valence-electron chi connectivity index (χ4n) is 6.03. The van der Waals surface area contributed by atoms with Crippen LogP contribution in [0, 0.1) is 0 Å². The number of benzene rings is 5. The van der Waals surface area contributed by atoms with Gasteiger partial charge in [0.15, 0.2) is 0 Å². The van der Waals surface area contributed by atoms with Gasteiger partial charge < -0.3 is 9.47 Å². The molecule has 0 radical (unpaired) electrons. The highest BCUT2D eigenvalue weighted by atomic mass is 32.2. The van der Waals surface area contributed by atoms with Crippen LogP contribution in [0.1, 0.15) is 17.3 Å². The van der Waals surface area contributed by atoms with E-state index in [4.69, 9.17) is 9.47 Å². The van der Waals surface area contributed by atoms with Crippen molar-refractivity contribution in [2.24, 2.45) is 0 Å². The number of aromatic nitrogens is 2. The van der Waals surface area contributed by atoms with E-state index in [0.717, 1.165) is 3.97 Å². The first-order valence-corrected chi connectivity index (χ1v) is 17.6. The summed E-state index contributed by atoms with van der Waals surface area (Å²) in [6.45, 7) is 1.71. The van der Waals surface area contributed by atoms with Gasteiger partial charge in [-0.1, -0.05) is 66.7 Å². The number of carbonyl (C=O) groups excluding carboxylic acids is 1. The molecule has 2 heterocycles. The van der Waals surface area contributed by atoms with Gasteiger partial charge in [-0.3, -0.25) is 0 Å². The highest BCUT2D eigenvalue weighted by molar-refractivity contribution is 7.90. The Labute approximate surface area is 271 Å². The minimum Gasteiger partial charge on any atom is -0.497 e. The first-order chi connectivity index (χ1) is 22.7. The van der Waals surface area contributed by atoms with Gasteiger partial charge in [-0.25, -0.2) is 29.6 Å². The standard InChI is InChI=1S/C36H28N2O7S2/c1-3-45-36(39)30-23-37(46(40,41)26-12-6-4-7-13-26)35-29(24-18-20-25(44-2)21-19-24)22-32-33(34(30)35)28-16-10-11-17-31(28)38(32)47(42,43)27-14-8-5-9-15-27/h4-23H,3H2,1-2H3. The van der Waals surface area contributed by atoms with Crippen molar-refractivity contribution in [3.63, 3.8) is 0 Å². The van der Waals surface area contributed by atoms with E-state index >= 15 is 0 Å². The summed E-state index contributed by atoms with van der Waals surface area (Å²) in [5.74, 6) is -0.165. The largest absolute Gasteiger partial charge is 0.497 e. The van der Waals surface area contributed by atoms with Crippen molar-refractivity contribution in [1.82, 2.24) is 7.94 Å². The molecule has 0 aliphatic carbocycles. The molecule has 0 amide bonds. The Kier molecular flexibility index (Phi) is 7.37. The summed E-state index contributed by atoms with van der Waals surface area (Å²) in [7, 11) is -6.91. The third kappa shape index (κ3) is 4.77. The van der Waals surface area contributed by atoms with E-state index in [9.17, 15) is 21.6 Å². The predicted octanol–water partition coefficient (Wildman–Crippen LogP) is 7.08. The summed E-state index contributed by atoms with van der Waals surface area (Å²) in [4.78, 5) is 13.8. The molecular formula is C36H28N2O7S2. The van der Waals surface area contributed by atoms with Crippen molar-refractivity contribution in [3.8, 4) is 16.9 Å². The van der Waals surface area contributed by atoms with Crippen LogP contribution in [0.3, 0.4) is 0 Å². The Hall–Kier alpha value is -5.39. The van der Waals surface area contributed by atoms with Crippen LogP contribution in [0.4, 0.5) is 0 Å². The molecule has 0 bridgehead atoms. The SMILES string of the molecule is CCOC(=O)c1cn(S(=O)(=O)c2ccccc2)c2c(-c3ccc(OC)cc3)cc3c(c4ccccc4n3S(=O)(=O)c3ccccc3)c12. The second kappa shape index (κ2) is 11.4. The lowest BCUT2D eigenvalue weighted by Crippen LogP contribution is -2.13. The van der Waals surface area contributed by atoms with Crippen molar-refractivity contribution in [2.45, 2.75) is 16.7 Å². The number of rotatable bonds is 8. The normalized spacial score (nSPS) is 12.1. The van der Waals surface area contributed by atoms with Gasteiger partial charge in [-0.05, 0) is 61.0 Å². The molecule has 9 nitrogen and oxygen atoms in total. The predicted molar refractivity (Wildman–Crippen MR) is 181 cm³/mol. The van der Waals surface area contributed by atoms with Crippen molar-refractivity contribution >= 4 is 58.7 Å². The topological polar surface area (TPSA) is 114 Å². The molecule has 47 heavy (non-hydrogen) atoms. The Morgan fingerprint density at radius 2 is 1.30 bits per heavy atom. The summed E-state index contributed by atoms with van der Waals surface area (Å²) in [6, 6.07) is 31.6. The molecule has 0 unspecified atom stereocenters. The fourth-order valence-corrected chi connectivity index (χ4v) is 8.96. The van der Waals surface area contributed by atoms with Gasteiger partial charge in [-0.15, -0.1) is 0 Å². The maximum atomic E-state index is 14.4. The summed E-state index contributed by atoms with van der Waals surface area (Å²) >= 11 is 0. The van der Waals surface area contributed by atoms with Gasteiger partial charge in [0, 0.05) is 27.9 Å². The lowest BCUT2D eigenvalue weighted by Gasteiger charge is -2.14. The van der Waals surface area contributed by atoms with Crippen LogP contribution in [0.2, 0.25) is 0 Å². The van der Waals surface area contributed by atoms with E-state index < -0.39 is 26.0 Å². The third-order valence-corrected chi connectivity index (χ3v) is 11.5. The molecular weight excluding hydrogens is 637 g/mol. The molecule has 0 saturated heterocycles. The van der Waals surface area contributed by atoms with E-state index in [-0.39, 0.29) is 38.4 Å². The van der Waals surface area contributed by atoms with Crippen molar-refractivity contribution < 1.29 is 31.1 Å². The Balaban J connectivity index is 1.74. The van der Waals surface area contributed by atoms with Crippen LogP contribution in [-0.4, -0.2) is 44.5 Å². The van der Waals surface area contributed by atoms with Crippen LogP contribution in [0.5, 0.6) is 5.75 Å². The van der Waals surface area contributed by atoms with Gasteiger partial charge in [0.25, 0.3) is 20.0 Å². The number of methoxy groups -OCH3 is 1. The van der Waals surface area contributed by atoms with Gasteiger partial charge >= 0.3 is 5.97 Å². The maximum absolute atomic E-state index is 14.4. The second-order valence-electron chi connectivity index (χ2n) is 10.7. The average molecular weight is 665 g/mol. The number of hydrogen-bond acceptors (Lipinski definition) is 7. The number of carbonyl (C=O) groups is 1. The number of ether oxygens (including phenoxy) is 2. The van der Waals surface area contributed by atoms with Gasteiger partial charge in [0.2, 0.25) is 0 Å². The lowest BCUT2D eigenvalue weighted by molar-refractivity contribution is 0.0528. The average Bonchev–Trinajstić information content (AvgIpc) is 3.66. The first-order valence-electron chi connectivity index (χ1n) is 14.7. The van der Waals surface area contributed by atoms with E-state index in [1.165, 1.54) is 41.5 Å². The van der Waals surface area contributed by atoms with Crippen LogP contribution >= 0.6 is 0 Å². The molecule has 0 fully saturated rings. The maximum Gasteiger partial charge on any atom is 0.340 e. The molecule has 7 aromatic rings. The summed E-state index contributed by atoms with van der Waals surface area (Å²) in [5.41, 5.74) is 1.79. The highest BCUT2D eigenvalue weighted by Gasteiger charge is 2.32. The quantitative estimate of drug-likeness (QED) is 0.160. The summed E-state index contributed by atoms with van der Waals surface area (Å²) < 4.78 is 70.7. The van der Waals surface area contributed by atoms with E-state index in [2.05, 4.69) is 0 Å². The number of esters is 1. The number of hydrogen-bond donors (Lipinski definition) is 0. The summed E-state index contributed by atoms with van der Waals surface area (Å²) in [6.07, 6.45) is 1.27. The van der Waals surface area contributed by atoms with Crippen LogP contribution < -0.4 is 4.74 Å². The zero-order valence-electron chi connectivity index (χ0n) is 25.3. The molecule has 0 N–H and O–H groups in total. The van der Waals surface area contributed by atoms with Crippen LogP contribution in [0.25, 0.3) is 43.8 Å². The lowest BCUT2D eigenvalue weighted by atomic mass is 9.97. The minimum atomic E-state index is -4.26. The molecule has 0 spiro atoms. The van der Waals surface area contributed by atoms with E-state index in [0.29, 0.717) is 33.2 Å². The number of para-hydroxylation sites is 1. The minimum absolute atomic E-state index is 0.0123. The van der Waals surface area contributed by atoms with E-state index in [1.54, 1.807) is 97.9 Å². The fraction of sp³-hybridized carbons (Fsp3) is 0.0833. The Morgan fingerprint density at radius 1 is 0.702 bits per heavy atom. The number of nitrogens with zero attached hydrogens (tertiary/aromatic N) is 2. The smallest absolute Gasteiger partial charge is 0.340 e. The van der Waals surface area contributed by atoms with Crippen LogP contribution in [0.15, 0.2) is 131 Å². The molecule has 236 valence electrons. The van der Waals surface area contributed by atoms with Crippen LogP contribution in [-0.2, 0) is 24.8 Å². The zero-order valence-corrected chi connectivity index (χ0v) is 27.0. The molecule has 0 aliphatic rings. The first kappa shape index (κ1) is 30.3.